The van der Waals surface area contributed by atoms with Crippen molar-refractivity contribution in [1.29, 1.82) is 0 Å². The number of alkyl halides is 1. The number of anilines is 1. The predicted octanol–water partition coefficient (Wildman–Crippen LogP) is 2.32. The first-order valence-corrected chi connectivity index (χ1v) is 6.47. The molecule has 2 nitrogen and oxygen atoms in total. The van der Waals surface area contributed by atoms with Crippen LogP contribution in [0.5, 0.6) is 0 Å². The minimum atomic E-state index is -0.381. The summed E-state index contributed by atoms with van der Waals surface area (Å²) in [6, 6.07) is 6.55. The minimum absolute atomic E-state index is 0.381. The minimum Gasteiger partial charge on any atom is -0.374 e. The molecule has 0 bridgehead atoms. The lowest BCUT2D eigenvalue weighted by Crippen LogP contribution is -2.30. The highest BCUT2D eigenvalue weighted by Gasteiger charge is 2.21. The van der Waals surface area contributed by atoms with E-state index in [1.807, 2.05) is 11.8 Å². The van der Waals surface area contributed by atoms with Gasteiger partial charge in [0.05, 0.1) is 0 Å². The Morgan fingerprint density at radius 2 is 2.33 bits per heavy atom. The largest absolute Gasteiger partial charge is 0.374 e. The van der Waals surface area contributed by atoms with Crippen molar-refractivity contribution in [3.05, 3.63) is 29.3 Å². The highest BCUT2D eigenvalue weighted by atomic mass is 79.9. The van der Waals surface area contributed by atoms with Crippen molar-refractivity contribution in [1.82, 2.24) is 0 Å². The van der Waals surface area contributed by atoms with Gasteiger partial charge in [0.15, 0.2) is 0 Å². The Hall–Kier alpha value is -0.540. The van der Waals surface area contributed by atoms with E-state index < -0.39 is 0 Å². The van der Waals surface area contributed by atoms with Gasteiger partial charge < -0.3 is 10.0 Å². The van der Waals surface area contributed by atoms with Gasteiger partial charge in [-0.05, 0) is 37.0 Å². The number of fused-ring (bicyclic) bond motifs is 1. The average Bonchev–Trinajstić information content (AvgIpc) is 2.61. The summed E-state index contributed by atoms with van der Waals surface area (Å²) in [6.07, 6.45) is 1.74. The molecule has 2 rings (SSSR count). The lowest BCUT2D eigenvalue weighted by atomic mass is 10.1. The van der Waals surface area contributed by atoms with Crippen molar-refractivity contribution >= 4 is 21.6 Å². The van der Waals surface area contributed by atoms with Crippen LogP contribution in [0.15, 0.2) is 18.2 Å². The Morgan fingerprint density at radius 3 is 3.00 bits per heavy atom. The lowest BCUT2D eigenvalue weighted by molar-refractivity contribution is 0.191. The molecule has 0 fully saturated rings. The Bertz CT molecular complexity index is 351. The van der Waals surface area contributed by atoms with Crippen molar-refractivity contribution in [2.45, 2.75) is 26.0 Å². The van der Waals surface area contributed by atoms with Crippen LogP contribution in [0.3, 0.4) is 0 Å². The molecule has 0 spiro atoms. The highest BCUT2D eigenvalue weighted by molar-refractivity contribution is 9.09. The van der Waals surface area contributed by atoms with Crippen LogP contribution in [0.4, 0.5) is 5.69 Å². The summed E-state index contributed by atoms with van der Waals surface area (Å²) in [4.78, 5) is 2.05. The summed E-state index contributed by atoms with van der Waals surface area (Å²) in [5.41, 5.74) is 3.94. The average molecular weight is 270 g/mol. The molecule has 82 valence electrons. The monoisotopic (exact) mass is 269 g/mol. The summed E-state index contributed by atoms with van der Waals surface area (Å²) in [5.74, 6) is 0. The van der Waals surface area contributed by atoms with Gasteiger partial charge in [-0.25, -0.2) is 0 Å². The van der Waals surface area contributed by atoms with Crippen molar-refractivity contribution < 1.29 is 5.11 Å². The molecule has 1 aromatic rings. The van der Waals surface area contributed by atoms with E-state index in [1.165, 1.54) is 16.8 Å². The van der Waals surface area contributed by atoms with Crippen LogP contribution in [-0.4, -0.2) is 23.2 Å². The first-order valence-electron chi connectivity index (χ1n) is 5.35. The second kappa shape index (κ2) is 4.54. The molecule has 1 aromatic carbocycles. The number of aliphatic hydroxyl groups is 1. The van der Waals surface area contributed by atoms with Crippen LogP contribution in [0.1, 0.15) is 18.1 Å². The second-order valence-electron chi connectivity index (χ2n) is 3.98. The maximum Gasteiger partial charge on any atom is 0.124 e. The summed E-state index contributed by atoms with van der Waals surface area (Å²) < 4.78 is 0. The zero-order chi connectivity index (χ0) is 10.8. The van der Waals surface area contributed by atoms with E-state index in [1.54, 1.807) is 0 Å². The zero-order valence-corrected chi connectivity index (χ0v) is 10.5. The Morgan fingerprint density at radius 1 is 1.53 bits per heavy atom. The first-order chi connectivity index (χ1) is 7.22. The van der Waals surface area contributed by atoms with E-state index in [-0.39, 0.29) is 6.23 Å². The van der Waals surface area contributed by atoms with E-state index >= 15 is 0 Å². The third-order valence-electron chi connectivity index (χ3n) is 2.91. The normalized spacial score (nSPS) is 16.6. The quantitative estimate of drug-likeness (QED) is 0.852. The van der Waals surface area contributed by atoms with Crippen molar-refractivity contribution in [2.24, 2.45) is 0 Å². The molecule has 0 saturated carbocycles. The molecule has 1 atom stereocenters. The molecular formula is C12H16BrNO. The standard InChI is InChI=1S/C12H16BrNO/c1-9(15)14-7-5-11-8-10(4-6-13)2-3-12(11)14/h2-3,8-9,15H,4-7H2,1H3. The molecule has 0 saturated heterocycles. The molecule has 1 aliphatic heterocycles. The molecule has 0 radical (unpaired) electrons. The molecule has 0 aromatic heterocycles. The van der Waals surface area contributed by atoms with Gasteiger partial charge in [-0.3, -0.25) is 0 Å². The van der Waals surface area contributed by atoms with E-state index in [4.69, 9.17) is 0 Å². The van der Waals surface area contributed by atoms with Crippen molar-refractivity contribution in [2.75, 3.05) is 16.8 Å². The molecule has 0 aliphatic carbocycles. The zero-order valence-electron chi connectivity index (χ0n) is 8.91. The molecule has 1 aliphatic rings. The number of hydrogen-bond donors (Lipinski definition) is 1. The van der Waals surface area contributed by atoms with Crippen molar-refractivity contribution in [3.63, 3.8) is 0 Å². The molecular weight excluding hydrogens is 254 g/mol. The number of nitrogens with zero attached hydrogens (tertiary/aromatic N) is 1. The maximum atomic E-state index is 9.59. The fourth-order valence-electron chi connectivity index (χ4n) is 2.13. The van der Waals surface area contributed by atoms with Crippen LogP contribution >= 0.6 is 15.9 Å². The van der Waals surface area contributed by atoms with Crippen LogP contribution in [0, 0.1) is 0 Å². The third kappa shape index (κ3) is 2.18. The fourth-order valence-corrected chi connectivity index (χ4v) is 2.59. The van der Waals surface area contributed by atoms with Crippen LogP contribution in [0.25, 0.3) is 0 Å². The number of aryl methyl sites for hydroxylation is 1. The van der Waals surface area contributed by atoms with E-state index in [0.717, 1.165) is 24.7 Å². The Labute approximate surface area is 99.0 Å². The lowest BCUT2D eigenvalue weighted by Gasteiger charge is -2.22. The summed E-state index contributed by atoms with van der Waals surface area (Å²) in [7, 11) is 0. The van der Waals surface area contributed by atoms with Crippen molar-refractivity contribution in [3.8, 4) is 0 Å². The van der Waals surface area contributed by atoms with Crippen LogP contribution < -0.4 is 4.90 Å². The molecule has 3 heteroatoms. The molecule has 1 unspecified atom stereocenters. The van der Waals surface area contributed by atoms with E-state index in [9.17, 15) is 5.11 Å². The fraction of sp³-hybridized carbons (Fsp3) is 0.500. The topological polar surface area (TPSA) is 23.5 Å². The number of halogens is 1. The first kappa shape index (κ1) is 11.0. The van der Waals surface area contributed by atoms with E-state index in [2.05, 4.69) is 34.1 Å². The van der Waals surface area contributed by atoms with Gasteiger partial charge in [0.2, 0.25) is 0 Å². The van der Waals surface area contributed by atoms with Gasteiger partial charge in [0.1, 0.15) is 6.23 Å². The summed E-state index contributed by atoms with van der Waals surface area (Å²) in [5, 5.41) is 10.6. The number of rotatable bonds is 3. The molecule has 1 heterocycles. The number of benzene rings is 1. The van der Waals surface area contributed by atoms with E-state index in [0.29, 0.717) is 0 Å². The smallest absolute Gasteiger partial charge is 0.124 e. The van der Waals surface area contributed by atoms with Gasteiger partial charge in [-0.1, -0.05) is 28.1 Å². The second-order valence-corrected chi connectivity index (χ2v) is 4.77. The SMILES string of the molecule is CC(O)N1CCc2cc(CCBr)ccc21. The Kier molecular flexibility index (Phi) is 3.32. The van der Waals surface area contributed by atoms with Gasteiger partial charge in [0.25, 0.3) is 0 Å². The molecule has 0 amide bonds. The number of hydrogen-bond acceptors (Lipinski definition) is 2. The third-order valence-corrected chi connectivity index (χ3v) is 3.31. The van der Waals surface area contributed by atoms with Gasteiger partial charge in [-0.2, -0.15) is 0 Å². The molecule has 1 N–H and O–H groups in total. The highest BCUT2D eigenvalue weighted by Crippen LogP contribution is 2.30. The maximum absolute atomic E-state index is 9.59. The van der Waals surface area contributed by atoms with Gasteiger partial charge >= 0.3 is 0 Å². The molecule has 15 heavy (non-hydrogen) atoms. The summed E-state index contributed by atoms with van der Waals surface area (Å²) >= 11 is 3.45. The Balaban J connectivity index is 2.25. The predicted molar refractivity (Wildman–Crippen MR) is 66.7 cm³/mol. The van der Waals surface area contributed by atoms with Gasteiger partial charge in [-0.15, -0.1) is 0 Å². The summed E-state index contributed by atoms with van der Waals surface area (Å²) in [6.45, 7) is 2.76. The number of aliphatic hydroxyl groups excluding tert-OH is 1. The van der Waals surface area contributed by atoms with Gasteiger partial charge in [0, 0.05) is 17.6 Å². The van der Waals surface area contributed by atoms with Crippen LogP contribution in [0.2, 0.25) is 0 Å². The van der Waals surface area contributed by atoms with Crippen LogP contribution in [-0.2, 0) is 12.8 Å².